The highest BCUT2D eigenvalue weighted by atomic mass is 16.7. The third-order valence-electron chi connectivity index (χ3n) is 9.21. The zero-order valence-electron chi connectivity index (χ0n) is 23.2. The molecule has 1 aromatic carbocycles. The van der Waals surface area contributed by atoms with Gasteiger partial charge in [0.05, 0.1) is 38.2 Å². The maximum absolute atomic E-state index is 6.35. The fourth-order valence-corrected chi connectivity index (χ4v) is 7.03. The molecular formula is C31H44N2O4. The number of hydrogen-bond acceptors (Lipinski definition) is 6. The Morgan fingerprint density at radius 1 is 1.14 bits per heavy atom. The van der Waals surface area contributed by atoms with Crippen LogP contribution in [-0.2, 0) is 20.8 Å². The van der Waals surface area contributed by atoms with E-state index in [9.17, 15) is 0 Å². The Hall–Kier alpha value is -2.15. The Bertz CT molecular complexity index is 1040. The van der Waals surface area contributed by atoms with E-state index in [0.717, 1.165) is 63.9 Å². The Kier molecular flexibility index (Phi) is 8.08. The second-order valence-corrected chi connectivity index (χ2v) is 11.6. The molecule has 0 radical (unpaired) electrons. The van der Waals surface area contributed by atoms with Crippen LogP contribution in [0.5, 0.6) is 5.75 Å². The molecule has 202 valence electrons. The van der Waals surface area contributed by atoms with Gasteiger partial charge < -0.3 is 24.0 Å². The molecule has 0 amide bonds. The molecule has 0 aromatic heterocycles. The minimum Gasteiger partial charge on any atom is -0.497 e. The number of hydrazone groups is 1. The normalized spacial score (nSPS) is 30.6. The molecule has 1 saturated carbocycles. The van der Waals surface area contributed by atoms with E-state index >= 15 is 0 Å². The third kappa shape index (κ3) is 5.52. The SMILES string of the molecule is COc1ccc(COC[C@H]2CCC3=C(CC[C@]45CCCC=C4COCO5)/C(=N/N(C)C)CC[C@@]32C)cc1. The van der Waals surface area contributed by atoms with Gasteiger partial charge in [0.2, 0.25) is 0 Å². The Balaban J connectivity index is 1.32. The van der Waals surface area contributed by atoms with Gasteiger partial charge in [-0.3, -0.25) is 0 Å². The summed E-state index contributed by atoms with van der Waals surface area (Å²) < 4.78 is 23.6. The molecule has 1 aliphatic heterocycles. The fourth-order valence-electron chi connectivity index (χ4n) is 7.03. The minimum absolute atomic E-state index is 0.152. The second-order valence-electron chi connectivity index (χ2n) is 11.6. The van der Waals surface area contributed by atoms with E-state index in [1.165, 1.54) is 35.3 Å². The highest BCUT2D eigenvalue weighted by Crippen LogP contribution is 2.55. The summed E-state index contributed by atoms with van der Waals surface area (Å²) >= 11 is 0. The van der Waals surface area contributed by atoms with Crippen LogP contribution in [0.1, 0.15) is 70.3 Å². The van der Waals surface area contributed by atoms with Crippen molar-refractivity contribution in [1.82, 2.24) is 5.01 Å². The van der Waals surface area contributed by atoms with Gasteiger partial charge in [0, 0.05) is 14.1 Å². The number of benzene rings is 1. The first-order valence-electron chi connectivity index (χ1n) is 14.0. The molecule has 37 heavy (non-hydrogen) atoms. The topological polar surface area (TPSA) is 52.5 Å². The van der Waals surface area contributed by atoms with Crippen molar-refractivity contribution in [2.75, 3.05) is 41.2 Å². The van der Waals surface area contributed by atoms with E-state index in [1.54, 1.807) is 12.7 Å². The third-order valence-corrected chi connectivity index (χ3v) is 9.21. The maximum atomic E-state index is 6.35. The van der Waals surface area contributed by atoms with Crippen molar-refractivity contribution in [2.45, 2.75) is 76.9 Å². The average Bonchev–Trinajstić information content (AvgIpc) is 3.24. The lowest BCUT2D eigenvalue weighted by Gasteiger charge is -2.43. The van der Waals surface area contributed by atoms with Gasteiger partial charge in [-0.2, -0.15) is 5.10 Å². The molecule has 2 fully saturated rings. The molecule has 1 heterocycles. The van der Waals surface area contributed by atoms with Crippen molar-refractivity contribution in [3.8, 4) is 5.75 Å². The highest BCUT2D eigenvalue weighted by molar-refractivity contribution is 6.02. The molecule has 0 bridgehead atoms. The molecule has 4 aliphatic rings. The number of methoxy groups -OCH3 is 1. The van der Waals surface area contributed by atoms with E-state index in [1.807, 2.05) is 31.2 Å². The van der Waals surface area contributed by atoms with Gasteiger partial charge in [-0.15, -0.1) is 0 Å². The first kappa shape index (κ1) is 26.5. The van der Waals surface area contributed by atoms with Gasteiger partial charge in [0.15, 0.2) is 0 Å². The summed E-state index contributed by atoms with van der Waals surface area (Å²) in [5.74, 6) is 1.42. The quantitative estimate of drug-likeness (QED) is 0.291. The molecule has 1 saturated heterocycles. The maximum Gasteiger partial charge on any atom is 0.148 e. The lowest BCUT2D eigenvalue weighted by molar-refractivity contribution is -0.167. The molecule has 5 rings (SSSR count). The van der Waals surface area contributed by atoms with Crippen LogP contribution in [0.15, 0.2) is 52.2 Å². The van der Waals surface area contributed by atoms with Crippen molar-refractivity contribution in [1.29, 1.82) is 0 Å². The van der Waals surface area contributed by atoms with Crippen LogP contribution < -0.4 is 4.74 Å². The number of nitrogens with zero attached hydrogens (tertiary/aromatic N) is 2. The summed E-state index contributed by atoms with van der Waals surface area (Å²) in [6.45, 7) is 5.06. The van der Waals surface area contributed by atoms with Crippen LogP contribution in [0.4, 0.5) is 0 Å². The summed E-state index contributed by atoms with van der Waals surface area (Å²) in [5.41, 5.74) is 6.98. The minimum atomic E-state index is -0.152. The van der Waals surface area contributed by atoms with Crippen LogP contribution in [0.25, 0.3) is 0 Å². The number of rotatable bonds is 9. The van der Waals surface area contributed by atoms with Crippen LogP contribution in [0, 0.1) is 11.3 Å². The summed E-state index contributed by atoms with van der Waals surface area (Å²) in [6, 6.07) is 8.19. The Morgan fingerprint density at radius 2 is 1.97 bits per heavy atom. The Labute approximate surface area is 222 Å². The predicted molar refractivity (Wildman–Crippen MR) is 147 cm³/mol. The molecule has 6 heteroatoms. The molecular weight excluding hydrogens is 464 g/mol. The van der Waals surface area contributed by atoms with E-state index in [4.69, 9.17) is 24.0 Å². The number of ether oxygens (including phenoxy) is 4. The number of hydrogen-bond donors (Lipinski definition) is 0. The van der Waals surface area contributed by atoms with E-state index in [-0.39, 0.29) is 11.0 Å². The van der Waals surface area contributed by atoms with Crippen molar-refractivity contribution < 1.29 is 18.9 Å². The van der Waals surface area contributed by atoms with Gasteiger partial charge in [0.25, 0.3) is 0 Å². The largest absolute Gasteiger partial charge is 0.497 e. The molecule has 3 aliphatic carbocycles. The summed E-state index contributed by atoms with van der Waals surface area (Å²) in [5, 5.41) is 6.96. The molecule has 3 atom stereocenters. The van der Waals surface area contributed by atoms with Gasteiger partial charge in [-0.25, -0.2) is 0 Å². The lowest BCUT2D eigenvalue weighted by Crippen LogP contribution is -2.43. The fraction of sp³-hybridized carbons (Fsp3) is 0.645. The van der Waals surface area contributed by atoms with Gasteiger partial charge in [-0.05, 0) is 98.0 Å². The van der Waals surface area contributed by atoms with E-state index < -0.39 is 0 Å². The number of fused-ring (bicyclic) bond motifs is 2. The van der Waals surface area contributed by atoms with Gasteiger partial charge >= 0.3 is 0 Å². The first-order chi connectivity index (χ1) is 17.9. The van der Waals surface area contributed by atoms with E-state index in [2.05, 4.69) is 25.1 Å². The number of allylic oxidation sites excluding steroid dienone is 3. The summed E-state index contributed by atoms with van der Waals surface area (Å²) in [7, 11) is 5.77. The van der Waals surface area contributed by atoms with Crippen molar-refractivity contribution >= 4 is 5.71 Å². The molecule has 0 spiro atoms. The standard InChI is InChI=1S/C31H44N2O4/c1-30-17-15-29(32-33(2)3)27(14-18-31-16-6-5-7-25(31)21-36-22-37-31)28(30)13-10-24(30)20-35-19-23-8-11-26(34-4)12-9-23/h7-9,11-12,24H,5-6,10,13-22H2,1-4H3/b32-29+/t24-,30-,31-/m1/s1. The van der Waals surface area contributed by atoms with Crippen molar-refractivity contribution in [2.24, 2.45) is 16.4 Å². The average molecular weight is 509 g/mol. The summed E-state index contributed by atoms with van der Waals surface area (Å²) in [6.07, 6.45) is 12.4. The molecule has 1 aromatic rings. The van der Waals surface area contributed by atoms with Crippen molar-refractivity contribution in [3.05, 3.63) is 52.6 Å². The first-order valence-corrected chi connectivity index (χ1v) is 14.0. The van der Waals surface area contributed by atoms with E-state index in [0.29, 0.717) is 19.3 Å². The monoisotopic (exact) mass is 508 g/mol. The predicted octanol–water partition coefficient (Wildman–Crippen LogP) is 6.27. The van der Waals surface area contributed by atoms with Crippen molar-refractivity contribution in [3.63, 3.8) is 0 Å². The molecule has 0 unspecified atom stereocenters. The Morgan fingerprint density at radius 3 is 2.76 bits per heavy atom. The smallest absolute Gasteiger partial charge is 0.148 e. The van der Waals surface area contributed by atoms with Crippen LogP contribution in [-0.4, -0.2) is 57.5 Å². The zero-order valence-corrected chi connectivity index (χ0v) is 23.2. The van der Waals surface area contributed by atoms with Crippen LogP contribution >= 0.6 is 0 Å². The molecule has 0 N–H and O–H groups in total. The van der Waals surface area contributed by atoms with Crippen LogP contribution in [0.2, 0.25) is 0 Å². The lowest BCUT2D eigenvalue weighted by atomic mass is 9.66. The van der Waals surface area contributed by atoms with Gasteiger partial charge in [-0.1, -0.05) is 30.7 Å². The van der Waals surface area contributed by atoms with Gasteiger partial charge in [0.1, 0.15) is 12.5 Å². The van der Waals surface area contributed by atoms with Crippen LogP contribution in [0.3, 0.4) is 0 Å². The summed E-state index contributed by atoms with van der Waals surface area (Å²) in [4.78, 5) is 0. The highest BCUT2D eigenvalue weighted by Gasteiger charge is 2.47. The second kappa shape index (κ2) is 11.3. The molecule has 6 nitrogen and oxygen atoms in total. The zero-order chi connectivity index (χ0) is 25.9.